The Morgan fingerprint density at radius 1 is 1.17 bits per heavy atom. The number of non-ortho nitro benzene ring substituents is 1. The van der Waals surface area contributed by atoms with Crippen LogP contribution in [0.5, 0.6) is 5.75 Å². The summed E-state index contributed by atoms with van der Waals surface area (Å²) >= 11 is 0. The second-order valence-corrected chi connectivity index (χ2v) is 11.1. The Hall–Kier alpha value is -3.80. The molecular weight excluding hydrogens is 478 g/mol. The van der Waals surface area contributed by atoms with Crippen LogP contribution in [0.2, 0.25) is 0 Å². The van der Waals surface area contributed by atoms with Crippen LogP contribution in [-0.4, -0.2) is 58.8 Å². The maximum atomic E-state index is 13.7. The fraction of sp³-hybridized carbons (Fsp3) is 0.348. The number of hydrogen-bond acceptors (Lipinski definition) is 7. The van der Waals surface area contributed by atoms with Crippen molar-refractivity contribution in [3.8, 4) is 5.75 Å². The summed E-state index contributed by atoms with van der Waals surface area (Å²) < 4.78 is 17.7. The summed E-state index contributed by atoms with van der Waals surface area (Å²) in [5, 5.41) is 23.7. The first-order valence-corrected chi connectivity index (χ1v) is 11.8. The molecule has 0 bridgehead atoms. The van der Waals surface area contributed by atoms with E-state index in [1.165, 1.54) is 38.1 Å². The predicted octanol–water partition coefficient (Wildman–Crippen LogP) is 1.58. The van der Waals surface area contributed by atoms with Crippen LogP contribution in [0.1, 0.15) is 25.8 Å². The molecule has 0 aliphatic carbocycles. The maximum Gasteiger partial charge on any atom is 0.331 e. The van der Waals surface area contributed by atoms with Crippen LogP contribution in [0.3, 0.4) is 0 Å². The lowest BCUT2D eigenvalue weighted by Crippen LogP contribution is -2.77. The molecule has 2 aromatic rings. The number of benzene rings is 2. The van der Waals surface area contributed by atoms with Gasteiger partial charge in [0, 0.05) is 18.6 Å². The predicted molar refractivity (Wildman–Crippen MR) is 124 cm³/mol. The lowest BCUT2D eigenvalue weighted by atomic mass is 9.76. The summed E-state index contributed by atoms with van der Waals surface area (Å²) in [5.74, 6) is -2.36. The van der Waals surface area contributed by atoms with Crippen molar-refractivity contribution < 1.29 is 33.4 Å². The number of nitro groups is 1. The van der Waals surface area contributed by atoms with E-state index < -0.39 is 55.4 Å². The molecule has 2 amide bonds. The lowest BCUT2D eigenvalue weighted by molar-refractivity contribution is -0.384. The molecule has 3 atom stereocenters. The molecule has 184 valence electrons. The van der Waals surface area contributed by atoms with Crippen molar-refractivity contribution in [2.75, 3.05) is 6.61 Å². The molecule has 0 saturated carbocycles. The van der Waals surface area contributed by atoms with E-state index in [1.807, 2.05) is 0 Å². The second kappa shape index (κ2) is 8.45. The van der Waals surface area contributed by atoms with E-state index in [0.29, 0.717) is 5.56 Å². The third-order valence-electron chi connectivity index (χ3n) is 6.56. The molecule has 2 aromatic carbocycles. The number of ether oxygens (including phenoxy) is 1. The average Bonchev–Trinajstić information content (AvgIpc) is 2.92. The number of amides is 2. The normalized spacial score (nSPS) is 26.4. The van der Waals surface area contributed by atoms with Gasteiger partial charge in [0.2, 0.25) is 10.9 Å². The maximum absolute atomic E-state index is 13.7. The van der Waals surface area contributed by atoms with E-state index in [4.69, 9.17) is 4.74 Å². The number of carbonyl (C=O) groups is 3. The standard InChI is InChI=1S/C23H23N3O8S/c1-21(2)22(20(29)30,12-15-6-4-3-5-7-15)25-19(28)13-23(25,35(21)33)24-18(27)14-34-17-10-8-16(9-11-17)26(31)32/h3-11H,12-14H2,1-2H3,(H,24,27)(H,29,30)/t22?,23-,35?/m0/s1. The quantitative estimate of drug-likeness (QED) is 0.314. The first kappa shape index (κ1) is 24.3. The lowest BCUT2D eigenvalue weighted by Gasteiger charge is -2.51. The number of hydrogen-bond donors (Lipinski definition) is 2. The fourth-order valence-corrected chi connectivity index (χ4v) is 7.10. The van der Waals surface area contributed by atoms with Gasteiger partial charge in [-0.3, -0.25) is 28.8 Å². The van der Waals surface area contributed by atoms with Gasteiger partial charge >= 0.3 is 5.97 Å². The van der Waals surface area contributed by atoms with Gasteiger partial charge in [0.15, 0.2) is 12.1 Å². The summed E-state index contributed by atoms with van der Waals surface area (Å²) in [5.41, 5.74) is -1.36. The first-order valence-electron chi connectivity index (χ1n) is 10.7. The molecule has 2 heterocycles. The van der Waals surface area contributed by atoms with Crippen LogP contribution in [0.4, 0.5) is 5.69 Å². The van der Waals surface area contributed by atoms with Crippen molar-refractivity contribution in [2.24, 2.45) is 0 Å². The van der Waals surface area contributed by atoms with Crippen LogP contribution in [-0.2, 0) is 31.6 Å². The van der Waals surface area contributed by atoms with E-state index in [0.717, 1.165) is 4.90 Å². The Balaban J connectivity index is 1.59. The number of nitrogens with zero attached hydrogens (tertiary/aromatic N) is 2. The highest BCUT2D eigenvalue weighted by Gasteiger charge is 2.80. The van der Waals surface area contributed by atoms with E-state index in [9.17, 15) is 33.8 Å². The molecule has 2 fully saturated rings. The SMILES string of the molecule is CC1(C)S(=O)[C@]2(NC(=O)COc3ccc([N+](=O)[O-])cc3)CC(=O)N2C1(Cc1ccccc1)C(=O)O. The van der Waals surface area contributed by atoms with Gasteiger partial charge in [0.05, 0.1) is 26.9 Å². The highest BCUT2D eigenvalue weighted by Crippen LogP contribution is 2.56. The van der Waals surface area contributed by atoms with Gasteiger partial charge in [-0.1, -0.05) is 30.3 Å². The number of nitrogens with one attached hydrogen (secondary N) is 1. The number of aliphatic carboxylic acids is 1. The molecule has 2 aliphatic rings. The fourth-order valence-electron chi connectivity index (χ4n) is 4.81. The Labute approximate surface area is 202 Å². The van der Waals surface area contributed by atoms with Gasteiger partial charge in [-0.05, 0) is 31.5 Å². The summed E-state index contributed by atoms with van der Waals surface area (Å²) in [4.78, 5) is 47.9. The van der Waals surface area contributed by atoms with E-state index in [1.54, 1.807) is 30.3 Å². The number of nitro benzene ring substituents is 1. The van der Waals surface area contributed by atoms with E-state index >= 15 is 0 Å². The highest BCUT2D eigenvalue weighted by molar-refractivity contribution is 7.88. The Kier molecular flexibility index (Phi) is 5.87. The number of rotatable bonds is 8. The smallest absolute Gasteiger partial charge is 0.331 e. The van der Waals surface area contributed by atoms with Gasteiger partial charge in [0.1, 0.15) is 5.75 Å². The van der Waals surface area contributed by atoms with Gasteiger partial charge in [-0.25, -0.2) is 4.79 Å². The zero-order valence-electron chi connectivity index (χ0n) is 18.9. The molecule has 2 saturated heterocycles. The molecule has 0 aromatic heterocycles. The Morgan fingerprint density at radius 2 is 1.80 bits per heavy atom. The number of fused-ring (bicyclic) bond motifs is 1. The molecule has 11 nitrogen and oxygen atoms in total. The van der Waals surface area contributed by atoms with Crippen molar-refractivity contribution in [1.29, 1.82) is 0 Å². The van der Waals surface area contributed by atoms with Crippen molar-refractivity contribution in [2.45, 2.75) is 42.0 Å². The second-order valence-electron chi connectivity index (χ2n) is 8.89. The van der Waals surface area contributed by atoms with Gasteiger partial charge < -0.3 is 15.2 Å². The molecule has 4 rings (SSSR count). The van der Waals surface area contributed by atoms with Crippen molar-refractivity contribution >= 4 is 34.3 Å². The summed E-state index contributed by atoms with van der Waals surface area (Å²) in [6.45, 7) is 2.51. The monoisotopic (exact) mass is 501 g/mol. The average molecular weight is 502 g/mol. The van der Waals surface area contributed by atoms with Crippen molar-refractivity contribution in [3.05, 3.63) is 70.3 Å². The third kappa shape index (κ3) is 3.64. The Bertz CT molecular complexity index is 1230. The van der Waals surface area contributed by atoms with Crippen LogP contribution in [0.25, 0.3) is 0 Å². The zero-order chi connectivity index (χ0) is 25.6. The largest absolute Gasteiger partial charge is 0.484 e. The molecule has 2 N–H and O–H groups in total. The number of carboxylic acid groups (broad SMARTS) is 1. The van der Waals surface area contributed by atoms with Gasteiger partial charge in [-0.2, -0.15) is 0 Å². The zero-order valence-corrected chi connectivity index (χ0v) is 19.7. The topological polar surface area (TPSA) is 156 Å². The molecular formula is C23H23N3O8S. The molecule has 35 heavy (non-hydrogen) atoms. The van der Waals surface area contributed by atoms with E-state index in [-0.39, 0.29) is 24.3 Å². The van der Waals surface area contributed by atoms with E-state index in [2.05, 4.69) is 5.32 Å². The van der Waals surface area contributed by atoms with Crippen molar-refractivity contribution in [1.82, 2.24) is 10.2 Å². The summed E-state index contributed by atoms with van der Waals surface area (Å²) in [6.07, 6.45) is -0.402. The minimum atomic E-state index is -1.98. The first-order chi connectivity index (χ1) is 16.5. The van der Waals surface area contributed by atoms with Gasteiger partial charge in [0.25, 0.3) is 11.6 Å². The third-order valence-corrected chi connectivity index (χ3v) is 8.87. The minimum absolute atomic E-state index is 0.0927. The summed E-state index contributed by atoms with van der Waals surface area (Å²) in [6, 6.07) is 13.8. The number of carboxylic acids is 1. The van der Waals surface area contributed by atoms with Crippen LogP contribution < -0.4 is 10.1 Å². The van der Waals surface area contributed by atoms with Gasteiger partial charge in [-0.15, -0.1) is 0 Å². The molecule has 2 unspecified atom stereocenters. The summed E-state index contributed by atoms with van der Waals surface area (Å²) in [7, 11) is -1.98. The molecule has 0 radical (unpaired) electrons. The van der Waals surface area contributed by atoms with Crippen molar-refractivity contribution in [3.63, 3.8) is 0 Å². The molecule has 0 spiro atoms. The molecule has 12 heteroatoms. The van der Waals surface area contributed by atoms with Crippen LogP contribution in [0, 0.1) is 10.1 Å². The highest BCUT2D eigenvalue weighted by atomic mass is 32.2. The Morgan fingerprint density at radius 3 is 2.34 bits per heavy atom. The van der Waals surface area contributed by atoms with Crippen LogP contribution >= 0.6 is 0 Å². The molecule has 2 aliphatic heterocycles. The minimum Gasteiger partial charge on any atom is -0.484 e. The number of β-lactam (4-membered cyclic amide) rings is 1. The number of carbonyl (C=O) groups excluding carboxylic acids is 2. The van der Waals surface area contributed by atoms with Crippen LogP contribution in [0.15, 0.2) is 54.6 Å².